The van der Waals surface area contributed by atoms with Crippen molar-refractivity contribution < 1.29 is 28.7 Å². The lowest BCUT2D eigenvalue weighted by Gasteiger charge is -2.10. The fourth-order valence-corrected chi connectivity index (χ4v) is 5.93. The van der Waals surface area contributed by atoms with Gasteiger partial charge in [-0.05, 0) is 97.5 Å². The number of rotatable bonds is 19. The summed E-state index contributed by atoms with van der Waals surface area (Å²) in [7, 11) is 3.12. The molecule has 0 saturated carbocycles. The van der Waals surface area contributed by atoms with Crippen LogP contribution in [-0.2, 0) is 12.8 Å². The van der Waals surface area contributed by atoms with E-state index in [1.54, 1.807) is 74.9 Å². The summed E-state index contributed by atoms with van der Waals surface area (Å²) in [6.07, 6.45) is 12.9. The maximum absolute atomic E-state index is 12.9. The van der Waals surface area contributed by atoms with E-state index in [4.69, 9.17) is 9.47 Å². The summed E-state index contributed by atoms with van der Waals surface area (Å²) in [5.74, 6) is -0.329. The number of amides is 4. The summed E-state index contributed by atoms with van der Waals surface area (Å²) in [5, 5.41) is 5.03. The molecule has 0 unspecified atom stereocenters. The quantitative estimate of drug-likeness (QED) is 0.0761. The molecule has 0 radical (unpaired) electrons. The number of hydrogen-bond acceptors (Lipinski definition) is 6. The van der Waals surface area contributed by atoms with Crippen LogP contribution in [0.25, 0.3) is 0 Å². The number of aryl methyl sites for hydroxylation is 2. The number of carbonyl (C=O) groups is 4. The highest BCUT2D eigenvalue weighted by molar-refractivity contribution is 6.11. The highest BCUT2D eigenvalue weighted by Gasteiger charge is 2.17. The molecular formula is C42H48N2O6. The second-order valence-electron chi connectivity index (χ2n) is 12.4. The van der Waals surface area contributed by atoms with E-state index in [2.05, 4.69) is 10.6 Å². The minimum Gasteiger partial charge on any atom is -0.497 e. The van der Waals surface area contributed by atoms with Gasteiger partial charge < -0.3 is 9.47 Å². The summed E-state index contributed by atoms with van der Waals surface area (Å²) >= 11 is 0. The van der Waals surface area contributed by atoms with Crippen LogP contribution in [0.2, 0.25) is 0 Å². The van der Waals surface area contributed by atoms with Crippen LogP contribution in [0.4, 0.5) is 0 Å². The number of unbranched alkanes of at least 4 members (excludes halogenated alkanes) is 9. The molecule has 0 heterocycles. The van der Waals surface area contributed by atoms with Gasteiger partial charge in [0.1, 0.15) is 11.5 Å². The number of carbonyl (C=O) groups excluding carboxylic acids is 4. The van der Waals surface area contributed by atoms with Gasteiger partial charge in [-0.15, -0.1) is 0 Å². The Morgan fingerprint density at radius 1 is 0.420 bits per heavy atom. The highest BCUT2D eigenvalue weighted by Crippen LogP contribution is 2.18. The third kappa shape index (κ3) is 11.7. The molecule has 0 atom stereocenters. The molecule has 4 amide bonds. The summed E-state index contributed by atoms with van der Waals surface area (Å²) in [5.41, 5.74) is 3.80. The molecule has 8 heteroatoms. The van der Waals surface area contributed by atoms with Crippen molar-refractivity contribution in [3.63, 3.8) is 0 Å². The van der Waals surface area contributed by atoms with E-state index in [0.717, 1.165) is 62.5 Å². The number of nitrogens with one attached hydrogen (secondary N) is 2. The zero-order valence-corrected chi connectivity index (χ0v) is 29.2. The molecule has 50 heavy (non-hydrogen) atoms. The van der Waals surface area contributed by atoms with Crippen molar-refractivity contribution in [3.05, 3.63) is 130 Å². The number of ether oxygens (including phenoxy) is 2. The van der Waals surface area contributed by atoms with E-state index >= 15 is 0 Å². The van der Waals surface area contributed by atoms with Crippen LogP contribution in [0, 0.1) is 0 Å². The summed E-state index contributed by atoms with van der Waals surface area (Å²) < 4.78 is 10.3. The van der Waals surface area contributed by atoms with Gasteiger partial charge in [-0.3, -0.25) is 29.8 Å². The largest absolute Gasteiger partial charge is 0.497 e. The average molecular weight is 677 g/mol. The fourth-order valence-electron chi connectivity index (χ4n) is 5.93. The first-order valence-electron chi connectivity index (χ1n) is 17.5. The van der Waals surface area contributed by atoms with E-state index in [1.807, 2.05) is 36.4 Å². The van der Waals surface area contributed by atoms with E-state index in [9.17, 15) is 19.2 Å². The summed E-state index contributed by atoms with van der Waals surface area (Å²) in [4.78, 5) is 50.9. The summed E-state index contributed by atoms with van der Waals surface area (Å²) in [6, 6.07) is 28.3. The number of methoxy groups -OCH3 is 2. The first-order chi connectivity index (χ1) is 24.4. The Bertz CT molecular complexity index is 1570. The Morgan fingerprint density at radius 3 is 1.08 bits per heavy atom. The molecule has 4 aromatic rings. The Kier molecular flexibility index (Phi) is 15.3. The van der Waals surface area contributed by atoms with E-state index < -0.39 is 11.8 Å². The van der Waals surface area contributed by atoms with Crippen LogP contribution in [0.5, 0.6) is 11.5 Å². The van der Waals surface area contributed by atoms with Crippen LogP contribution < -0.4 is 20.1 Å². The number of benzene rings is 4. The van der Waals surface area contributed by atoms with Crippen LogP contribution in [0.15, 0.2) is 97.1 Å². The van der Waals surface area contributed by atoms with Gasteiger partial charge in [0.2, 0.25) is 0 Å². The molecule has 0 aliphatic carbocycles. The second kappa shape index (κ2) is 20.3. The lowest BCUT2D eigenvalue weighted by molar-refractivity contribution is 0.0832. The molecule has 0 aromatic heterocycles. The highest BCUT2D eigenvalue weighted by atomic mass is 16.5. The summed E-state index contributed by atoms with van der Waals surface area (Å²) in [6.45, 7) is 0. The minimum atomic E-state index is -0.432. The molecule has 2 N–H and O–H groups in total. The van der Waals surface area contributed by atoms with Crippen LogP contribution >= 0.6 is 0 Å². The SMILES string of the molecule is COc1ccc(C(=O)NC(=O)c2ccccc2CCCCCCCCCCCCc2ccccc2C(=O)NC(=O)c2ccc(OC)cc2)cc1. The van der Waals surface area contributed by atoms with Crippen LogP contribution in [0.1, 0.15) is 117 Å². The lowest BCUT2D eigenvalue weighted by Crippen LogP contribution is -2.31. The van der Waals surface area contributed by atoms with Gasteiger partial charge in [0.15, 0.2) is 0 Å². The topological polar surface area (TPSA) is 111 Å². The van der Waals surface area contributed by atoms with Crippen molar-refractivity contribution in [2.75, 3.05) is 14.2 Å². The molecule has 262 valence electrons. The third-order valence-corrected chi connectivity index (χ3v) is 8.82. The molecule has 4 aromatic carbocycles. The Hall–Kier alpha value is -5.24. The van der Waals surface area contributed by atoms with Crippen molar-refractivity contribution in [2.24, 2.45) is 0 Å². The van der Waals surface area contributed by atoms with Crippen LogP contribution in [0.3, 0.4) is 0 Å². The van der Waals surface area contributed by atoms with Gasteiger partial charge in [0.05, 0.1) is 14.2 Å². The van der Waals surface area contributed by atoms with Gasteiger partial charge in [-0.2, -0.15) is 0 Å². The van der Waals surface area contributed by atoms with Crippen molar-refractivity contribution in [1.29, 1.82) is 0 Å². The molecule has 8 nitrogen and oxygen atoms in total. The van der Waals surface area contributed by atoms with Crippen molar-refractivity contribution >= 4 is 23.6 Å². The first-order valence-corrected chi connectivity index (χ1v) is 17.5. The predicted molar refractivity (Wildman–Crippen MR) is 196 cm³/mol. The van der Waals surface area contributed by atoms with Crippen molar-refractivity contribution in [2.45, 2.75) is 77.0 Å². The van der Waals surface area contributed by atoms with Crippen molar-refractivity contribution in [1.82, 2.24) is 10.6 Å². The molecule has 0 saturated heterocycles. The second-order valence-corrected chi connectivity index (χ2v) is 12.4. The van der Waals surface area contributed by atoms with E-state index in [-0.39, 0.29) is 11.8 Å². The van der Waals surface area contributed by atoms with Gasteiger partial charge in [0, 0.05) is 22.3 Å². The zero-order valence-electron chi connectivity index (χ0n) is 29.2. The van der Waals surface area contributed by atoms with Crippen LogP contribution in [-0.4, -0.2) is 37.8 Å². The standard InChI is InChI=1S/C42H48N2O6/c1-49-35-27-23-33(24-28-35)39(45)43-41(47)37-21-15-13-19-31(37)17-11-9-7-5-3-4-6-8-10-12-18-32-20-14-16-22-38(32)42(48)44-40(46)34-25-29-36(50-2)30-26-34/h13-16,19-30H,3-12,17-18H2,1-2H3,(H,43,45,47)(H,44,46,48). The molecule has 0 bridgehead atoms. The number of imide groups is 2. The third-order valence-electron chi connectivity index (χ3n) is 8.82. The first kappa shape index (κ1) is 37.6. The molecule has 0 aliphatic rings. The van der Waals surface area contributed by atoms with Gasteiger partial charge in [0.25, 0.3) is 23.6 Å². The van der Waals surface area contributed by atoms with Crippen molar-refractivity contribution in [3.8, 4) is 11.5 Å². The molecule has 0 aliphatic heterocycles. The van der Waals surface area contributed by atoms with Gasteiger partial charge >= 0.3 is 0 Å². The van der Waals surface area contributed by atoms with Gasteiger partial charge in [-0.1, -0.05) is 87.8 Å². The molecular weight excluding hydrogens is 628 g/mol. The minimum absolute atomic E-state index is 0.381. The smallest absolute Gasteiger partial charge is 0.258 e. The van der Waals surface area contributed by atoms with E-state index in [1.165, 1.54) is 25.7 Å². The maximum Gasteiger partial charge on any atom is 0.258 e. The predicted octanol–water partition coefficient (Wildman–Crippen LogP) is 8.53. The molecule has 0 spiro atoms. The maximum atomic E-state index is 12.9. The Morgan fingerprint density at radius 2 is 0.740 bits per heavy atom. The fraction of sp³-hybridized carbons (Fsp3) is 0.333. The van der Waals surface area contributed by atoms with Gasteiger partial charge in [-0.25, -0.2) is 0 Å². The number of hydrogen-bond donors (Lipinski definition) is 2. The molecule has 0 fully saturated rings. The Labute approximate surface area is 295 Å². The zero-order chi connectivity index (χ0) is 35.6. The lowest BCUT2D eigenvalue weighted by atomic mass is 9.98. The monoisotopic (exact) mass is 676 g/mol. The Balaban J connectivity index is 1.07. The normalized spacial score (nSPS) is 10.7. The van der Waals surface area contributed by atoms with E-state index in [0.29, 0.717) is 33.8 Å². The average Bonchev–Trinajstić information content (AvgIpc) is 3.15. The molecule has 4 rings (SSSR count).